The van der Waals surface area contributed by atoms with Crippen molar-refractivity contribution in [3.05, 3.63) is 39.0 Å². The van der Waals surface area contributed by atoms with Crippen molar-refractivity contribution in [3.8, 4) is 5.75 Å². The first-order valence-electron chi connectivity index (χ1n) is 7.24. The molecule has 0 aliphatic carbocycles. The molecule has 1 aliphatic rings. The summed E-state index contributed by atoms with van der Waals surface area (Å²) in [6.45, 7) is 1.59. The second kappa shape index (κ2) is 5.73. The Morgan fingerprint density at radius 1 is 1.29 bits per heavy atom. The number of H-pyrrole nitrogens is 1. The molecule has 0 amide bonds. The molecule has 1 aliphatic heterocycles. The number of rotatable bonds is 2. The molecule has 2 N–H and O–H groups in total. The topological polar surface area (TPSA) is 76.1 Å². The molecule has 1 aromatic carbocycles. The minimum Gasteiger partial charge on any atom is -0.497 e. The van der Waals surface area contributed by atoms with Crippen LogP contribution in [0.4, 0.5) is 0 Å². The van der Waals surface area contributed by atoms with Crippen LogP contribution >= 0.6 is 0 Å². The lowest BCUT2D eigenvalue weighted by molar-refractivity contribution is 0.414. The van der Waals surface area contributed by atoms with Gasteiger partial charge in [-0.15, -0.1) is 0 Å². The molecule has 6 nitrogen and oxygen atoms in total. The molecule has 1 unspecified atom stereocenters. The Morgan fingerprint density at radius 3 is 2.95 bits per heavy atom. The van der Waals surface area contributed by atoms with Gasteiger partial charge in [0.2, 0.25) is 0 Å². The minimum absolute atomic E-state index is 0.0978. The lowest BCUT2D eigenvalue weighted by Gasteiger charge is -2.17. The van der Waals surface area contributed by atoms with Gasteiger partial charge in [-0.05, 0) is 37.6 Å². The van der Waals surface area contributed by atoms with E-state index in [-0.39, 0.29) is 17.3 Å². The van der Waals surface area contributed by atoms with Crippen LogP contribution in [0.15, 0.2) is 27.8 Å². The van der Waals surface area contributed by atoms with Gasteiger partial charge in [0.1, 0.15) is 5.75 Å². The summed E-state index contributed by atoms with van der Waals surface area (Å²) in [7, 11) is 1.56. The highest BCUT2D eigenvalue weighted by Gasteiger charge is 2.19. The van der Waals surface area contributed by atoms with Crippen LogP contribution in [0.5, 0.6) is 5.75 Å². The molecule has 112 valence electrons. The highest BCUT2D eigenvalue weighted by molar-refractivity contribution is 5.78. The van der Waals surface area contributed by atoms with E-state index in [2.05, 4.69) is 10.3 Å². The molecule has 1 aromatic heterocycles. The third-order valence-electron chi connectivity index (χ3n) is 4.02. The highest BCUT2D eigenvalue weighted by atomic mass is 16.5. The average Bonchev–Trinajstić information content (AvgIpc) is 2.76. The lowest BCUT2D eigenvalue weighted by atomic mass is 10.1. The van der Waals surface area contributed by atoms with Gasteiger partial charge >= 0.3 is 5.69 Å². The molecular formula is C15H19N3O3. The molecule has 0 saturated carbocycles. The molecule has 0 radical (unpaired) electrons. The third-order valence-corrected chi connectivity index (χ3v) is 4.02. The van der Waals surface area contributed by atoms with Crippen LogP contribution in [0.2, 0.25) is 0 Å². The van der Waals surface area contributed by atoms with E-state index < -0.39 is 0 Å². The standard InChI is InChI=1S/C15H19N3O3/c1-21-11-5-6-13-12(8-11)14(19)18(15(20)17-13)10-4-2-3-7-16-9-10/h5-6,8,10,16H,2-4,7,9H2,1H3,(H,17,20). The predicted molar refractivity (Wildman–Crippen MR) is 81.1 cm³/mol. The van der Waals surface area contributed by atoms with Crippen LogP contribution < -0.4 is 21.3 Å². The summed E-state index contributed by atoms with van der Waals surface area (Å²) in [5, 5.41) is 3.77. The number of nitrogens with zero attached hydrogens (tertiary/aromatic N) is 1. The highest BCUT2D eigenvalue weighted by Crippen LogP contribution is 2.17. The van der Waals surface area contributed by atoms with E-state index >= 15 is 0 Å². The van der Waals surface area contributed by atoms with Gasteiger partial charge in [-0.1, -0.05) is 6.42 Å². The van der Waals surface area contributed by atoms with Gasteiger partial charge in [0.05, 0.1) is 24.1 Å². The van der Waals surface area contributed by atoms with Crippen molar-refractivity contribution in [2.24, 2.45) is 0 Å². The first-order valence-corrected chi connectivity index (χ1v) is 7.24. The van der Waals surface area contributed by atoms with Crippen LogP contribution in [0.1, 0.15) is 25.3 Å². The van der Waals surface area contributed by atoms with E-state index in [1.807, 2.05) is 0 Å². The maximum atomic E-state index is 12.7. The van der Waals surface area contributed by atoms with Crippen LogP contribution in [-0.2, 0) is 0 Å². The first kappa shape index (κ1) is 13.9. The summed E-state index contributed by atoms with van der Waals surface area (Å²) in [5.74, 6) is 0.609. The van der Waals surface area contributed by atoms with Crippen LogP contribution in [-0.4, -0.2) is 29.8 Å². The molecule has 21 heavy (non-hydrogen) atoms. The number of aromatic nitrogens is 2. The quantitative estimate of drug-likeness (QED) is 0.865. The number of aromatic amines is 1. The van der Waals surface area contributed by atoms with Gasteiger partial charge in [-0.25, -0.2) is 4.79 Å². The maximum Gasteiger partial charge on any atom is 0.329 e. The number of methoxy groups -OCH3 is 1. The Labute approximate surface area is 121 Å². The van der Waals surface area contributed by atoms with Gasteiger partial charge in [-0.3, -0.25) is 9.36 Å². The van der Waals surface area contributed by atoms with Crippen molar-refractivity contribution in [1.82, 2.24) is 14.9 Å². The van der Waals surface area contributed by atoms with Crippen LogP contribution in [0.3, 0.4) is 0 Å². The maximum absolute atomic E-state index is 12.7. The van der Waals surface area contributed by atoms with Crippen molar-refractivity contribution in [1.29, 1.82) is 0 Å². The second-order valence-electron chi connectivity index (χ2n) is 5.37. The Hall–Kier alpha value is -2.08. The van der Waals surface area contributed by atoms with E-state index in [1.165, 1.54) is 4.57 Å². The fourth-order valence-corrected chi connectivity index (χ4v) is 2.89. The Bertz CT molecular complexity index is 755. The van der Waals surface area contributed by atoms with E-state index in [0.29, 0.717) is 23.2 Å². The number of fused-ring (bicyclic) bond motifs is 1. The summed E-state index contributed by atoms with van der Waals surface area (Å²) in [6, 6.07) is 5.01. The number of hydrogen-bond donors (Lipinski definition) is 2. The molecule has 1 atom stereocenters. The number of hydrogen-bond acceptors (Lipinski definition) is 4. The Balaban J connectivity index is 2.17. The summed E-state index contributed by atoms with van der Waals surface area (Å²) < 4.78 is 6.51. The minimum atomic E-state index is -0.341. The number of ether oxygens (including phenoxy) is 1. The molecular weight excluding hydrogens is 270 g/mol. The number of benzene rings is 1. The summed E-state index contributed by atoms with van der Waals surface area (Å²) >= 11 is 0. The Morgan fingerprint density at radius 2 is 2.14 bits per heavy atom. The van der Waals surface area contributed by atoms with Crippen molar-refractivity contribution in [2.75, 3.05) is 20.2 Å². The SMILES string of the molecule is COc1ccc2[nH]c(=O)n(C3CCCCNC3)c(=O)c2c1. The first-order chi connectivity index (χ1) is 10.2. The fraction of sp³-hybridized carbons (Fsp3) is 0.467. The largest absolute Gasteiger partial charge is 0.497 e. The molecule has 2 aromatic rings. The zero-order valence-electron chi connectivity index (χ0n) is 12.0. The van der Waals surface area contributed by atoms with Gasteiger partial charge in [-0.2, -0.15) is 0 Å². The molecule has 0 spiro atoms. The molecule has 6 heteroatoms. The van der Waals surface area contributed by atoms with Crippen LogP contribution in [0.25, 0.3) is 10.9 Å². The van der Waals surface area contributed by atoms with Crippen molar-refractivity contribution >= 4 is 10.9 Å². The van der Waals surface area contributed by atoms with E-state index in [9.17, 15) is 9.59 Å². The van der Waals surface area contributed by atoms with E-state index in [0.717, 1.165) is 25.8 Å². The van der Waals surface area contributed by atoms with Gasteiger partial charge < -0.3 is 15.0 Å². The molecule has 3 rings (SSSR count). The van der Waals surface area contributed by atoms with E-state index in [1.54, 1.807) is 25.3 Å². The monoisotopic (exact) mass is 289 g/mol. The van der Waals surface area contributed by atoms with Crippen molar-refractivity contribution in [2.45, 2.75) is 25.3 Å². The molecule has 1 fully saturated rings. The fourth-order valence-electron chi connectivity index (χ4n) is 2.89. The van der Waals surface area contributed by atoms with Gasteiger partial charge in [0, 0.05) is 6.54 Å². The Kier molecular flexibility index (Phi) is 3.79. The third kappa shape index (κ3) is 2.58. The summed E-state index contributed by atoms with van der Waals surface area (Å²) in [6.07, 6.45) is 2.93. The van der Waals surface area contributed by atoms with Crippen molar-refractivity contribution < 1.29 is 4.74 Å². The molecule has 1 saturated heterocycles. The molecule has 2 heterocycles. The second-order valence-corrected chi connectivity index (χ2v) is 5.37. The van der Waals surface area contributed by atoms with Gasteiger partial charge in [0.15, 0.2) is 0 Å². The summed E-state index contributed by atoms with van der Waals surface area (Å²) in [4.78, 5) is 27.7. The van der Waals surface area contributed by atoms with E-state index in [4.69, 9.17) is 4.74 Å². The van der Waals surface area contributed by atoms with Crippen LogP contribution in [0, 0.1) is 0 Å². The van der Waals surface area contributed by atoms with Gasteiger partial charge in [0.25, 0.3) is 5.56 Å². The average molecular weight is 289 g/mol. The zero-order chi connectivity index (χ0) is 14.8. The lowest BCUT2D eigenvalue weighted by Crippen LogP contribution is -2.41. The predicted octanol–water partition coefficient (Wildman–Crippen LogP) is 1.01. The normalized spacial score (nSPS) is 19.4. The zero-order valence-corrected chi connectivity index (χ0v) is 12.0. The molecule has 0 bridgehead atoms. The number of nitrogens with one attached hydrogen (secondary N) is 2. The smallest absolute Gasteiger partial charge is 0.329 e. The van der Waals surface area contributed by atoms with Crippen molar-refractivity contribution in [3.63, 3.8) is 0 Å². The summed E-state index contributed by atoms with van der Waals surface area (Å²) in [5.41, 5.74) is -0.0450.